The molecule has 3 aromatic carbocycles. The van der Waals surface area contributed by atoms with Gasteiger partial charge in [0.1, 0.15) is 5.52 Å². The van der Waals surface area contributed by atoms with E-state index in [4.69, 9.17) is 28.2 Å². The monoisotopic (exact) mass is 773 g/mol. The molecule has 33 heavy (non-hydrogen) atoms. The summed E-state index contributed by atoms with van der Waals surface area (Å²) < 4.78 is 35.1. The highest BCUT2D eigenvalue weighted by Gasteiger charge is 2.17. The van der Waals surface area contributed by atoms with Gasteiger partial charge in [-0.15, -0.1) is 0 Å². The normalized spacial score (nSPS) is 11.0. The molecule has 0 saturated carbocycles. The Morgan fingerprint density at radius 2 is 1.85 bits per heavy atom. The van der Waals surface area contributed by atoms with Gasteiger partial charge >= 0.3 is 0 Å². The smallest absolute Gasteiger partial charge is 0.258 e. The van der Waals surface area contributed by atoms with E-state index in [0.29, 0.717) is 26.8 Å². The second kappa shape index (κ2) is 10.1. The summed E-state index contributed by atoms with van der Waals surface area (Å²) in [5.41, 5.74) is 1.96. The number of hydrogen-bond donors (Lipinski definition) is 2. The van der Waals surface area contributed by atoms with Crippen molar-refractivity contribution in [1.29, 1.82) is 0 Å². The van der Waals surface area contributed by atoms with Crippen LogP contribution in [0.5, 0.6) is 0 Å². The Morgan fingerprint density at radius 3 is 2.61 bits per heavy atom. The maximum Gasteiger partial charge on any atom is 0.258 e. The fraction of sp³-hybridized carbons (Fsp3) is 0. The van der Waals surface area contributed by atoms with Crippen LogP contribution >= 0.6 is 84.9 Å². The Hall–Kier alpha value is -1.42. The Kier molecular flexibility index (Phi) is 7.53. The molecule has 4 rings (SSSR count). The molecule has 0 atom stereocenters. The van der Waals surface area contributed by atoms with E-state index in [2.05, 4.69) is 76.7 Å². The van der Waals surface area contributed by atoms with Crippen molar-refractivity contribution < 1.29 is 18.0 Å². The topological polar surface area (TPSA) is 67.2 Å². The number of oxazole rings is 1. The number of halogens is 6. The maximum atomic E-state index is 13.6. The van der Waals surface area contributed by atoms with Crippen LogP contribution in [-0.4, -0.2) is 16.0 Å². The van der Waals surface area contributed by atoms with Crippen molar-refractivity contribution in [2.24, 2.45) is 0 Å². The zero-order valence-corrected chi connectivity index (χ0v) is 23.5. The zero-order valence-electron chi connectivity index (χ0n) is 16.0. The maximum absolute atomic E-state index is 13.6. The Balaban J connectivity index is 1.53. The van der Waals surface area contributed by atoms with Crippen LogP contribution in [0.1, 0.15) is 10.4 Å². The number of aromatic nitrogens is 1. The van der Waals surface area contributed by atoms with Crippen molar-refractivity contribution in [3.63, 3.8) is 0 Å². The second-order valence-electron chi connectivity index (χ2n) is 6.61. The summed E-state index contributed by atoms with van der Waals surface area (Å²) in [6, 6.07) is 10.4. The van der Waals surface area contributed by atoms with E-state index in [-0.39, 0.29) is 27.5 Å². The lowest BCUT2D eigenvalue weighted by molar-refractivity contribution is 0.0977. The summed E-state index contributed by atoms with van der Waals surface area (Å²) in [4.78, 5) is 17.0. The highest BCUT2D eigenvalue weighted by molar-refractivity contribution is 14.1. The Labute approximate surface area is 232 Å². The molecular formula is C21H9BrClF2I2N3O2S. The van der Waals surface area contributed by atoms with Crippen molar-refractivity contribution in [1.82, 2.24) is 10.3 Å². The van der Waals surface area contributed by atoms with E-state index in [1.165, 1.54) is 0 Å². The van der Waals surface area contributed by atoms with Gasteiger partial charge in [0.25, 0.3) is 5.91 Å². The van der Waals surface area contributed by atoms with Crippen molar-refractivity contribution in [3.05, 3.63) is 76.3 Å². The SMILES string of the molecule is O=C(NC(=S)Nc1ccc2oc(-c3cc(F)c(F)cc3Cl)nc2c1)c1cc(I)cc(I)c1Br. The van der Waals surface area contributed by atoms with Gasteiger partial charge in [-0.3, -0.25) is 10.1 Å². The third-order valence-corrected chi connectivity index (χ3v) is 7.94. The molecule has 5 nitrogen and oxygen atoms in total. The molecule has 0 unspecified atom stereocenters. The number of carbonyl (C=O) groups excluding carboxylic acids is 1. The lowest BCUT2D eigenvalue weighted by Crippen LogP contribution is -2.34. The molecule has 2 N–H and O–H groups in total. The van der Waals surface area contributed by atoms with Crippen LogP contribution in [-0.2, 0) is 0 Å². The van der Waals surface area contributed by atoms with Gasteiger partial charge in [0, 0.05) is 17.3 Å². The molecule has 0 radical (unpaired) electrons. The number of amides is 1. The van der Waals surface area contributed by atoms with Crippen LogP contribution in [0.4, 0.5) is 14.5 Å². The number of carbonyl (C=O) groups is 1. The minimum Gasteiger partial charge on any atom is -0.436 e. The number of rotatable bonds is 3. The fourth-order valence-corrected chi connectivity index (χ4v) is 5.56. The molecule has 0 spiro atoms. The first kappa shape index (κ1) is 24.7. The van der Waals surface area contributed by atoms with Gasteiger partial charge in [-0.05, 0) is 116 Å². The molecule has 12 heteroatoms. The Bertz CT molecular complexity index is 1450. The van der Waals surface area contributed by atoms with Crippen LogP contribution in [0, 0.1) is 18.8 Å². The van der Waals surface area contributed by atoms with E-state index in [9.17, 15) is 13.6 Å². The van der Waals surface area contributed by atoms with Crippen LogP contribution in [0.3, 0.4) is 0 Å². The van der Waals surface area contributed by atoms with Crippen molar-refractivity contribution >= 4 is 113 Å². The lowest BCUT2D eigenvalue weighted by atomic mass is 10.2. The van der Waals surface area contributed by atoms with Gasteiger partial charge in [0.2, 0.25) is 5.89 Å². The van der Waals surface area contributed by atoms with Gasteiger partial charge in [0.15, 0.2) is 22.3 Å². The van der Waals surface area contributed by atoms with Crippen molar-refractivity contribution in [2.45, 2.75) is 0 Å². The van der Waals surface area contributed by atoms with E-state index in [1.807, 2.05) is 6.07 Å². The minimum atomic E-state index is -1.06. The number of benzene rings is 3. The fourth-order valence-electron chi connectivity index (χ4n) is 2.86. The zero-order chi connectivity index (χ0) is 23.9. The standard InChI is InChI=1S/C21H9BrClF2I2N3O2S/c22-18-11(3-8(26)4-15(18)27)19(31)30-21(33)28-9-1-2-17-16(5-9)29-20(32-17)10-6-13(24)14(25)7-12(10)23/h1-7H,(H2,28,30,31,33). The quantitative estimate of drug-likeness (QED) is 0.128. The molecule has 0 aliphatic rings. The number of nitrogens with zero attached hydrogens (tertiary/aromatic N) is 1. The van der Waals surface area contributed by atoms with E-state index < -0.39 is 11.6 Å². The molecule has 0 aliphatic carbocycles. The van der Waals surface area contributed by atoms with Crippen molar-refractivity contribution in [3.8, 4) is 11.5 Å². The van der Waals surface area contributed by atoms with Gasteiger partial charge < -0.3 is 9.73 Å². The molecule has 168 valence electrons. The van der Waals surface area contributed by atoms with Gasteiger partial charge in [-0.1, -0.05) is 11.6 Å². The highest BCUT2D eigenvalue weighted by atomic mass is 127. The summed E-state index contributed by atoms with van der Waals surface area (Å²) in [7, 11) is 0. The van der Waals surface area contributed by atoms with Crippen LogP contribution in [0.2, 0.25) is 5.02 Å². The summed E-state index contributed by atoms with van der Waals surface area (Å²) in [5.74, 6) is -2.45. The van der Waals surface area contributed by atoms with Crippen molar-refractivity contribution in [2.75, 3.05) is 5.32 Å². The summed E-state index contributed by atoms with van der Waals surface area (Å²) >= 11 is 19.0. The minimum absolute atomic E-state index is 0.0286. The predicted molar refractivity (Wildman–Crippen MR) is 148 cm³/mol. The number of nitrogens with one attached hydrogen (secondary N) is 2. The molecule has 0 aliphatic heterocycles. The van der Waals surface area contributed by atoms with Gasteiger partial charge in [-0.2, -0.15) is 0 Å². The van der Waals surface area contributed by atoms with Crippen LogP contribution < -0.4 is 10.6 Å². The lowest BCUT2D eigenvalue weighted by Gasteiger charge is -2.11. The van der Waals surface area contributed by atoms with Gasteiger partial charge in [0.05, 0.1) is 16.1 Å². The first-order valence-corrected chi connectivity index (χ1v) is 12.7. The first-order valence-electron chi connectivity index (χ1n) is 8.95. The molecule has 0 bridgehead atoms. The van der Waals surface area contributed by atoms with E-state index in [1.54, 1.807) is 24.3 Å². The molecule has 1 amide bonds. The molecule has 1 aromatic heterocycles. The number of hydrogen-bond acceptors (Lipinski definition) is 4. The highest BCUT2D eigenvalue weighted by Crippen LogP contribution is 2.32. The summed E-state index contributed by atoms with van der Waals surface area (Å²) in [6.07, 6.45) is 0. The molecule has 1 heterocycles. The summed E-state index contributed by atoms with van der Waals surface area (Å²) in [6.45, 7) is 0. The number of thiocarbonyl (C=S) groups is 1. The predicted octanol–water partition coefficient (Wildman–Crippen LogP) is 7.52. The van der Waals surface area contributed by atoms with E-state index in [0.717, 1.165) is 19.3 Å². The number of anilines is 1. The largest absolute Gasteiger partial charge is 0.436 e. The van der Waals surface area contributed by atoms with Gasteiger partial charge in [-0.25, -0.2) is 13.8 Å². The molecular weight excluding hydrogens is 765 g/mol. The number of fused-ring (bicyclic) bond motifs is 1. The third kappa shape index (κ3) is 5.47. The second-order valence-corrected chi connectivity index (χ2v) is 10.6. The molecule has 0 saturated heterocycles. The first-order chi connectivity index (χ1) is 15.6. The third-order valence-electron chi connectivity index (χ3n) is 4.35. The average Bonchev–Trinajstić information content (AvgIpc) is 3.16. The average molecular weight is 775 g/mol. The summed E-state index contributed by atoms with van der Waals surface area (Å²) in [5, 5.41) is 5.63. The van der Waals surface area contributed by atoms with E-state index >= 15 is 0 Å². The Morgan fingerprint density at radius 1 is 1.12 bits per heavy atom. The van der Waals surface area contributed by atoms with Crippen LogP contribution in [0.25, 0.3) is 22.6 Å². The molecule has 4 aromatic rings. The molecule has 0 fully saturated rings. The van der Waals surface area contributed by atoms with Crippen LogP contribution in [0.15, 0.2) is 51.4 Å².